The molecule has 2 saturated heterocycles. The second-order valence-electron chi connectivity index (χ2n) is 17.6. The average molecular weight is 853 g/mol. The predicted molar refractivity (Wildman–Crippen MR) is 226 cm³/mol. The summed E-state index contributed by atoms with van der Waals surface area (Å²) in [5.41, 5.74) is 6.42. The SMILES string of the molecule is CC(C)Nc1cc(OC2C[C@@H](C(N)=O)N(C(=O)[C@H](CCCCC/C=C\[C@@H]3C[C@@H]3C(=O)O)NC(=O)OC3C[C@@H]4C(C)[C@@H]4C3)C2)c2ccc(OCCN3CCOCC3)c(Cl)c2n1. The molecule has 3 heterocycles. The first kappa shape index (κ1) is 43.7. The number of aliphatic carboxylic acids is 1. The van der Waals surface area contributed by atoms with Crippen LogP contribution in [0.4, 0.5) is 10.6 Å². The van der Waals surface area contributed by atoms with E-state index in [2.05, 4.69) is 22.5 Å². The summed E-state index contributed by atoms with van der Waals surface area (Å²) in [5, 5.41) is 16.3. The van der Waals surface area contributed by atoms with Crippen LogP contribution in [0.5, 0.6) is 11.5 Å². The van der Waals surface area contributed by atoms with Gasteiger partial charge in [0.15, 0.2) is 0 Å². The van der Waals surface area contributed by atoms with Gasteiger partial charge in [0.1, 0.15) is 53.2 Å². The number of pyridine rings is 1. The van der Waals surface area contributed by atoms with Gasteiger partial charge in [0.05, 0.1) is 31.2 Å². The van der Waals surface area contributed by atoms with E-state index in [-0.39, 0.29) is 36.9 Å². The third-order valence-corrected chi connectivity index (χ3v) is 13.2. The Kier molecular flexibility index (Phi) is 14.3. The highest BCUT2D eigenvalue weighted by Gasteiger charge is 2.54. The molecular formula is C44H61ClN6O9. The Morgan fingerprint density at radius 2 is 1.82 bits per heavy atom. The molecule has 3 amide bonds. The van der Waals surface area contributed by atoms with Crippen LogP contribution in [-0.4, -0.2) is 120 Å². The fraction of sp³-hybridized carbons (Fsp3) is 0.659. The van der Waals surface area contributed by atoms with Gasteiger partial charge < -0.3 is 45.3 Å². The number of alkyl carbamates (subject to hydrolysis) is 1. The van der Waals surface area contributed by atoms with Gasteiger partial charge >= 0.3 is 12.1 Å². The van der Waals surface area contributed by atoms with Crippen LogP contribution in [0.25, 0.3) is 10.9 Å². The monoisotopic (exact) mass is 852 g/mol. The number of halogens is 1. The van der Waals surface area contributed by atoms with Gasteiger partial charge in [-0.2, -0.15) is 0 Å². The Morgan fingerprint density at radius 3 is 2.52 bits per heavy atom. The number of carboxylic acid groups (broad SMARTS) is 1. The molecule has 328 valence electrons. The Morgan fingerprint density at radius 1 is 1.05 bits per heavy atom. The summed E-state index contributed by atoms with van der Waals surface area (Å²) in [5.74, 6) is 1.38. The molecule has 1 aromatic carbocycles. The van der Waals surface area contributed by atoms with E-state index in [1.54, 1.807) is 12.1 Å². The summed E-state index contributed by atoms with van der Waals surface area (Å²) in [6, 6.07) is 3.61. The number of carbonyl (C=O) groups excluding carboxylic acids is 3. The summed E-state index contributed by atoms with van der Waals surface area (Å²) in [7, 11) is 0. The van der Waals surface area contributed by atoms with Gasteiger partial charge in [0, 0.05) is 43.5 Å². The molecular weight excluding hydrogens is 792 g/mol. The van der Waals surface area contributed by atoms with Crippen molar-refractivity contribution in [2.24, 2.45) is 35.3 Å². The second-order valence-corrected chi connectivity index (χ2v) is 17.9. The second kappa shape index (κ2) is 19.6. The summed E-state index contributed by atoms with van der Waals surface area (Å²) in [6.07, 6.45) is 8.52. The standard InChI is InChI=1S/C44H61ClN6O9/c1-25(2)47-38-23-37(30-11-12-36(39(45)40(30)49-38)58-18-15-50-13-16-57-17-14-50)59-29-22-35(41(46)52)51(24-29)42(53)34(48-44(56)60-28-20-31-26(3)32(31)21-28)10-8-6-4-5-7-9-27-19-33(27)43(54)55/h7,9,11-12,23,25-29,31-35H,4-6,8,10,13-22,24H2,1-3H3,(H2,46,52)(H,47,49)(H,48,56)(H,54,55)/b9-7-/t26?,27-,28?,29?,31-,32+,33+,34+,35+/m1/s1. The smallest absolute Gasteiger partial charge is 0.408 e. The van der Waals surface area contributed by atoms with E-state index in [9.17, 15) is 19.2 Å². The molecule has 0 bridgehead atoms. The quantitative estimate of drug-likeness (QED) is 0.0951. The van der Waals surface area contributed by atoms with E-state index >= 15 is 0 Å². The van der Waals surface area contributed by atoms with Crippen molar-refractivity contribution in [3.63, 3.8) is 0 Å². The molecule has 15 nitrogen and oxygen atoms in total. The van der Waals surface area contributed by atoms with Crippen molar-refractivity contribution in [2.45, 2.75) is 109 Å². The summed E-state index contributed by atoms with van der Waals surface area (Å²) in [6.45, 7) is 10.6. The lowest BCUT2D eigenvalue weighted by Crippen LogP contribution is -2.53. The van der Waals surface area contributed by atoms with Crippen LogP contribution >= 0.6 is 11.6 Å². The van der Waals surface area contributed by atoms with Gasteiger partial charge in [-0.15, -0.1) is 0 Å². The van der Waals surface area contributed by atoms with Crippen molar-refractivity contribution in [3.8, 4) is 11.5 Å². The van der Waals surface area contributed by atoms with Crippen LogP contribution in [0.1, 0.15) is 78.6 Å². The number of hydrogen-bond acceptors (Lipinski definition) is 11. The maximum atomic E-state index is 14.4. The molecule has 5 N–H and O–H groups in total. The molecule has 9 atom stereocenters. The number of unbranched alkanes of at least 4 members (excludes halogenated alkanes) is 3. The molecule has 1 aromatic heterocycles. The predicted octanol–water partition coefficient (Wildman–Crippen LogP) is 5.62. The lowest BCUT2D eigenvalue weighted by atomic mass is 10.0. The number of nitrogens with two attached hydrogens (primary N) is 1. The summed E-state index contributed by atoms with van der Waals surface area (Å²) in [4.78, 5) is 60.3. The number of nitrogens with zero attached hydrogens (tertiary/aromatic N) is 3. The van der Waals surface area contributed by atoms with E-state index in [0.29, 0.717) is 90.1 Å². The van der Waals surface area contributed by atoms with Crippen LogP contribution in [0.3, 0.4) is 0 Å². The molecule has 5 aliphatic rings. The van der Waals surface area contributed by atoms with Crippen molar-refractivity contribution in [2.75, 3.05) is 51.3 Å². The highest BCUT2D eigenvalue weighted by molar-refractivity contribution is 6.36. The third-order valence-electron chi connectivity index (χ3n) is 12.8. The van der Waals surface area contributed by atoms with Crippen molar-refractivity contribution < 1.29 is 43.2 Å². The fourth-order valence-corrected chi connectivity index (χ4v) is 9.50. The zero-order valence-corrected chi connectivity index (χ0v) is 35.7. The summed E-state index contributed by atoms with van der Waals surface area (Å²) >= 11 is 6.96. The average Bonchev–Trinajstić information content (AvgIpc) is 3.97. The molecule has 2 aromatic rings. The summed E-state index contributed by atoms with van der Waals surface area (Å²) < 4.78 is 24.0. The maximum Gasteiger partial charge on any atom is 0.408 e. The molecule has 0 spiro atoms. The van der Waals surface area contributed by atoms with Crippen LogP contribution in [0.2, 0.25) is 5.02 Å². The fourth-order valence-electron chi connectivity index (χ4n) is 9.24. The van der Waals surface area contributed by atoms with Crippen molar-refractivity contribution in [3.05, 3.63) is 35.4 Å². The lowest BCUT2D eigenvalue weighted by Gasteiger charge is -2.28. The Bertz CT molecular complexity index is 1900. The molecule has 60 heavy (non-hydrogen) atoms. The number of likely N-dealkylation sites (tertiary alicyclic amines) is 1. The molecule has 7 rings (SSSR count). The first-order chi connectivity index (χ1) is 28.9. The van der Waals surface area contributed by atoms with E-state index in [4.69, 9.17) is 46.4 Å². The number of carboxylic acids is 1. The van der Waals surface area contributed by atoms with Gasteiger partial charge in [-0.3, -0.25) is 19.3 Å². The highest BCUT2D eigenvalue weighted by atomic mass is 35.5. The topological polar surface area (TPSA) is 195 Å². The number of hydrogen-bond donors (Lipinski definition) is 4. The molecule has 3 saturated carbocycles. The molecule has 0 radical (unpaired) electrons. The van der Waals surface area contributed by atoms with Gasteiger partial charge in [0.2, 0.25) is 11.8 Å². The molecule has 5 fully saturated rings. The number of anilines is 1. The molecule has 2 aliphatic heterocycles. The van der Waals surface area contributed by atoms with E-state index in [0.717, 1.165) is 51.7 Å². The number of nitrogens with one attached hydrogen (secondary N) is 2. The number of benzene rings is 1. The van der Waals surface area contributed by atoms with Crippen molar-refractivity contribution in [1.29, 1.82) is 0 Å². The van der Waals surface area contributed by atoms with E-state index in [1.165, 1.54) is 4.90 Å². The first-order valence-electron chi connectivity index (χ1n) is 21.8. The Labute approximate surface area is 357 Å². The third kappa shape index (κ3) is 10.9. The minimum absolute atomic E-state index is 0.0539. The highest BCUT2D eigenvalue weighted by Crippen LogP contribution is 2.57. The number of allylic oxidation sites excluding steroid dienone is 2. The van der Waals surface area contributed by atoms with Crippen molar-refractivity contribution >= 4 is 52.2 Å². The van der Waals surface area contributed by atoms with Gasteiger partial charge in [0.25, 0.3) is 0 Å². The number of morpholine rings is 1. The number of fused-ring (bicyclic) bond motifs is 2. The maximum absolute atomic E-state index is 14.4. The normalized spacial score (nSPS) is 27.8. The number of ether oxygens (including phenoxy) is 4. The zero-order valence-electron chi connectivity index (χ0n) is 35.0. The Hall–Kier alpha value is -4.34. The van der Waals surface area contributed by atoms with Gasteiger partial charge in [-0.25, -0.2) is 9.78 Å². The van der Waals surface area contributed by atoms with E-state index < -0.39 is 42.1 Å². The number of carbonyl (C=O) groups is 4. The number of amides is 3. The molecule has 3 aliphatic carbocycles. The van der Waals surface area contributed by atoms with E-state index in [1.807, 2.05) is 32.1 Å². The van der Waals surface area contributed by atoms with Crippen LogP contribution < -0.4 is 25.8 Å². The molecule has 16 heteroatoms. The van der Waals surface area contributed by atoms with Crippen LogP contribution in [-0.2, 0) is 23.9 Å². The number of aromatic nitrogens is 1. The zero-order chi connectivity index (χ0) is 42.5. The minimum atomic E-state index is -0.954. The molecule has 3 unspecified atom stereocenters. The van der Waals surface area contributed by atoms with Gasteiger partial charge in [-0.1, -0.05) is 43.5 Å². The van der Waals surface area contributed by atoms with Crippen LogP contribution in [0, 0.1) is 29.6 Å². The lowest BCUT2D eigenvalue weighted by molar-refractivity contribution is -0.139. The number of rotatable bonds is 20. The first-order valence-corrected chi connectivity index (χ1v) is 22.2. The largest absolute Gasteiger partial charge is 0.491 e. The van der Waals surface area contributed by atoms with Crippen LogP contribution in [0.15, 0.2) is 30.4 Å². The number of primary amides is 1. The Balaban J connectivity index is 1.02. The van der Waals surface area contributed by atoms with Crippen molar-refractivity contribution in [1.82, 2.24) is 20.1 Å². The minimum Gasteiger partial charge on any atom is -0.491 e. The van der Waals surface area contributed by atoms with Gasteiger partial charge in [-0.05, 0) is 88.2 Å².